The van der Waals surface area contributed by atoms with E-state index in [1.165, 1.54) is 12.8 Å². The average molecular weight is 276 g/mol. The minimum absolute atomic E-state index is 0.0725. The van der Waals surface area contributed by atoms with E-state index < -0.39 is 4.92 Å². The van der Waals surface area contributed by atoms with Crippen LogP contribution in [0, 0.1) is 10.1 Å². The van der Waals surface area contributed by atoms with Crippen molar-refractivity contribution in [2.45, 2.75) is 31.1 Å². The van der Waals surface area contributed by atoms with Crippen LogP contribution in [0.5, 0.6) is 0 Å². The van der Waals surface area contributed by atoms with Crippen LogP contribution in [0.15, 0.2) is 35.2 Å². The minimum atomic E-state index is -0.428. The number of unbranched alkanes of at least 4 members (excludes halogenated alkanes) is 2. The molecule has 0 atom stereocenters. The van der Waals surface area contributed by atoms with Crippen LogP contribution in [0.1, 0.15) is 26.2 Å². The van der Waals surface area contributed by atoms with Crippen LogP contribution in [0.4, 0.5) is 5.82 Å². The summed E-state index contributed by atoms with van der Waals surface area (Å²) in [6.45, 7) is 2.16. The second-order valence-corrected chi connectivity index (χ2v) is 5.45. The van der Waals surface area contributed by atoms with Gasteiger partial charge in [-0.05, 0) is 34.2 Å². The summed E-state index contributed by atoms with van der Waals surface area (Å²) in [5.41, 5.74) is 0.690. The Morgan fingerprint density at radius 1 is 1.32 bits per heavy atom. The molecule has 0 unspecified atom stereocenters. The molecule has 0 saturated carbocycles. The van der Waals surface area contributed by atoms with E-state index in [0.29, 0.717) is 5.52 Å². The lowest BCUT2D eigenvalue weighted by Crippen LogP contribution is -1.94. The molecule has 0 bridgehead atoms. The third kappa shape index (κ3) is 3.44. The maximum Gasteiger partial charge on any atom is 0.365 e. The summed E-state index contributed by atoms with van der Waals surface area (Å²) in [6, 6.07) is 9.15. The Labute approximate surface area is 116 Å². The highest BCUT2D eigenvalue weighted by Crippen LogP contribution is 2.30. The smallest absolute Gasteiger partial charge is 0.358 e. The molecule has 2 rings (SSSR count). The summed E-state index contributed by atoms with van der Waals surface area (Å²) in [4.78, 5) is 15.5. The fourth-order valence-electron chi connectivity index (χ4n) is 1.88. The molecule has 0 saturated heterocycles. The molecular weight excluding hydrogens is 260 g/mol. The van der Waals surface area contributed by atoms with Gasteiger partial charge in [0.25, 0.3) is 0 Å². The Bertz CT molecular complexity index is 587. The number of benzene rings is 1. The van der Waals surface area contributed by atoms with Crippen LogP contribution in [0.25, 0.3) is 10.9 Å². The van der Waals surface area contributed by atoms with Gasteiger partial charge in [0.2, 0.25) is 0 Å². The lowest BCUT2D eigenvalue weighted by molar-refractivity contribution is -0.389. The first-order chi connectivity index (χ1) is 9.22. The molecule has 0 aliphatic carbocycles. The van der Waals surface area contributed by atoms with Gasteiger partial charge in [-0.3, -0.25) is 0 Å². The molecule has 1 aromatic carbocycles. The van der Waals surface area contributed by atoms with Crippen LogP contribution in [-0.4, -0.2) is 15.7 Å². The largest absolute Gasteiger partial charge is 0.365 e. The van der Waals surface area contributed by atoms with Crippen LogP contribution < -0.4 is 0 Å². The Kier molecular flexibility index (Phi) is 4.74. The van der Waals surface area contributed by atoms with Crippen molar-refractivity contribution in [3.05, 3.63) is 40.4 Å². The standard InChI is InChI=1S/C14H16N2O2S/c1-2-3-6-9-19-13-10-14(16(17)18)15-12-8-5-4-7-11(12)13/h4-5,7-8,10H,2-3,6,9H2,1H3. The van der Waals surface area contributed by atoms with Gasteiger partial charge in [-0.1, -0.05) is 31.9 Å². The van der Waals surface area contributed by atoms with Gasteiger partial charge in [0.15, 0.2) is 5.52 Å². The normalized spacial score (nSPS) is 10.8. The molecule has 1 aromatic heterocycles. The predicted molar refractivity (Wildman–Crippen MR) is 78.6 cm³/mol. The third-order valence-corrected chi connectivity index (χ3v) is 4.00. The molecule has 4 nitrogen and oxygen atoms in total. The maximum absolute atomic E-state index is 10.9. The number of aromatic nitrogens is 1. The van der Waals surface area contributed by atoms with E-state index in [4.69, 9.17) is 0 Å². The Morgan fingerprint density at radius 3 is 2.84 bits per heavy atom. The number of thioether (sulfide) groups is 1. The SMILES string of the molecule is CCCCCSc1cc([N+](=O)[O-])nc2ccccc12. The van der Waals surface area contributed by atoms with E-state index in [1.54, 1.807) is 17.8 Å². The first-order valence-corrected chi connectivity index (χ1v) is 7.38. The van der Waals surface area contributed by atoms with Gasteiger partial charge in [-0.25, -0.2) is 0 Å². The molecular formula is C14H16N2O2S. The molecule has 0 fully saturated rings. The van der Waals surface area contributed by atoms with Crippen molar-refractivity contribution in [3.63, 3.8) is 0 Å². The average Bonchev–Trinajstić information content (AvgIpc) is 2.43. The minimum Gasteiger partial charge on any atom is -0.358 e. The summed E-state index contributed by atoms with van der Waals surface area (Å²) >= 11 is 1.68. The van der Waals surface area contributed by atoms with Crippen LogP contribution in [0.2, 0.25) is 0 Å². The van der Waals surface area contributed by atoms with Crippen molar-refractivity contribution in [3.8, 4) is 0 Å². The zero-order valence-electron chi connectivity index (χ0n) is 10.8. The van der Waals surface area contributed by atoms with Gasteiger partial charge in [-0.2, -0.15) is 0 Å². The van der Waals surface area contributed by atoms with Crippen LogP contribution >= 0.6 is 11.8 Å². The lowest BCUT2D eigenvalue weighted by atomic mass is 10.2. The highest BCUT2D eigenvalue weighted by Gasteiger charge is 2.14. The number of para-hydroxylation sites is 1. The van der Waals surface area contributed by atoms with Gasteiger partial charge < -0.3 is 10.1 Å². The zero-order chi connectivity index (χ0) is 13.7. The number of pyridine rings is 1. The molecule has 100 valence electrons. The van der Waals surface area contributed by atoms with Gasteiger partial charge in [0.05, 0.1) is 6.07 Å². The molecule has 0 aliphatic heterocycles. The number of nitrogens with zero attached hydrogens (tertiary/aromatic N) is 2. The number of nitro groups is 1. The van der Waals surface area contributed by atoms with Crippen LogP contribution in [0.3, 0.4) is 0 Å². The maximum atomic E-state index is 10.9. The van der Waals surface area contributed by atoms with E-state index in [1.807, 2.05) is 24.3 Å². The van der Waals surface area contributed by atoms with Gasteiger partial charge >= 0.3 is 5.82 Å². The molecule has 0 amide bonds. The molecule has 0 spiro atoms. The topological polar surface area (TPSA) is 56.0 Å². The Balaban J connectivity index is 2.31. The number of fused-ring (bicyclic) bond motifs is 1. The Morgan fingerprint density at radius 2 is 2.11 bits per heavy atom. The van der Waals surface area contributed by atoms with Gasteiger partial charge in [-0.15, -0.1) is 11.8 Å². The van der Waals surface area contributed by atoms with E-state index in [-0.39, 0.29) is 5.82 Å². The van der Waals surface area contributed by atoms with Crippen molar-refractivity contribution < 1.29 is 4.92 Å². The molecule has 5 heteroatoms. The fourth-order valence-corrected chi connectivity index (χ4v) is 2.96. The number of rotatable bonds is 6. The summed E-state index contributed by atoms with van der Waals surface area (Å²) in [5.74, 6) is 0.913. The highest BCUT2D eigenvalue weighted by atomic mass is 32.2. The van der Waals surface area contributed by atoms with Crippen molar-refractivity contribution in [2.75, 3.05) is 5.75 Å². The number of hydrogen-bond donors (Lipinski definition) is 0. The van der Waals surface area contributed by atoms with E-state index in [9.17, 15) is 10.1 Å². The van der Waals surface area contributed by atoms with E-state index in [2.05, 4.69) is 11.9 Å². The first kappa shape index (κ1) is 13.8. The monoisotopic (exact) mass is 276 g/mol. The molecule has 2 aromatic rings. The van der Waals surface area contributed by atoms with Crippen molar-refractivity contribution >= 4 is 28.5 Å². The summed E-state index contributed by atoms with van der Waals surface area (Å²) in [7, 11) is 0. The Hall–Kier alpha value is -1.62. The molecule has 0 radical (unpaired) electrons. The van der Waals surface area contributed by atoms with Crippen LogP contribution in [-0.2, 0) is 0 Å². The van der Waals surface area contributed by atoms with E-state index >= 15 is 0 Å². The summed E-state index contributed by atoms with van der Waals surface area (Å²) in [5, 5.41) is 11.9. The lowest BCUT2D eigenvalue weighted by Gasteiger charge is -2.04. The van der Waals surface area contributed by atoms with E-state index in [0.717, 1.165) is 22.5 Å². The van der Waals surface area contributed by atoms with Crippen molar-refractivity contribution in [2.24, 2.45) is 0 Å². The third-order valence-electron chi connectivity index (χ3n) is 2.86. The quantitative estimate of drug-likeness (QED) is 0.339. The molecule has 1 heterocycles. The van der Waals surface area contributed by atoms with Crippen molar-refractivity contribution in [1.29, 1.82) is 0 Å². The zero-order valence-corrected chi connectivity index (χ0v) is 11.7. The first-order valence-electron chi connectivity index (χ1n) is 6.39. The van der Waals surface area contributed by atoms with Gasteiger partial charge in [0, 0.05) is 10.3 Å². The summed E-state index contributed by atoms with van der Waals surface area (Å²) < 4.78 is 0. The number of hydrogen-bond acceptors (Lipinski definition) is 4. The fraction of sp³-hybridized carbons (Fsp3) is 0.357. The highest BCUT2D eigenvalue weighted by molar-refractivity contribution is 7.99. The predicted octanol–water partition coefficient (Wildman–Crippen LogP) is 4.43. The molecule has 19 heavy (non-hydrogen) atoms. The van der Waals surface area contributed by atoms with Gasteiger partial charge in [0.1, 0.15) is 0 Å². The molecule has 0 N–H and O–H groups in total. The van der Waals surface area contributed by atoms with Crippen molar-refractivity contribution in [1.82, 2.24) is 4.98 Å². The second-order valence-electron chi connectivity index (χ2n) is 4.31. The summed E-state index contributed by atoms with van der Waals surface area (Å²) in [6.07, 6.45) is 3.50. The molecule has 0 aliphatic rings. The second kappa shape index (κ2) is 6.52.